The number of piperidine rings is 1. The van der Waals surface area contributed by atoms with Crippen molar-refractivity contribution in [3.63, 3.8) is 0 Å². The molecule has 11 heteroatoms. The van der Waals surface area contributed by atoms with E-state index in [1.807, 2.05) is 6.92 Å². The largest absolute Gasteiger partial charge is 0.418 e. The van der Waals surface area contributed by atoms with Crippen molar-refractivity contribution in [2.24, 2.45) is 0 Å². The summed E-state index contributed by atoms with van der Waals surface area (Å²) in [7, 11) is -4.70. The van der Waals surface area contributed by atoms with Crippen LogP contribution in [0.4, 0.5) is 4.79 Å². The molecule has 2 aliphatic rings. The lowest BCUT2D eigenvalue weighted by atomic mass is 10.0. The fraction of sp³-hybridized carbons (Fsp3) is 0.700. The molecule has 2 aliphatic heterocycles. The Bertz CT molecular complexity index is 659. The average molecular weight is 317 g/mol. The minimum Gasteiger partial charge on any atom is -0.316 e. The van der Waals surface area contributed by atoms with E-state index < -0.39 is 16.4 Å². The topological polar surface area (TPSA) is 118 Å². The molecule has 2 atom stereocenters. The number of carbonyl (C=O) groups excluding carboxylic acids is 1. The van der Waals surface area contributed by atoms with E-state index in [2.05, 4.69) is 14.6 Å². The van der Waals surface area contributed by atoms with E-state index >= 15 is 0 Å². The van der Waals surface area contributed by atoms with Gasteiger partial charge in [0.15, 0.2) is 0 Å². The summed E-state index contributed by atoms with van der Waals surface area (Å²) in [5, 5.41) is 8.57. The van der Waals surface area contributed by atoms with Crippen molar-refractivity contribution in [2.75, 3.05) is 6.54 Å². The molecule has 2 saturated heterocycles. The number of hydrogen-bond donors (Lipinski definition) is 1. The first-order chi connectivity index (χ1) is 9.83. The molecule has 3 heterocycles. The molecule has 2 amide bonds. The van der Waals surface area contributed by atoms with Crippen LogP contribution in [0.3, 0.4) is 0 Å². The van der Waals surface area contributed by atoms with Gasteiger partial charge < -0.3 is 4.90 Å². The van der Waals surface area contributed by atoms with Gasteiger partial charge in [0.1, 0.15) is 0 Å². The fourth-order valence-electron chi connectivity index (χ4n) is 2.80. The zero-order valence-corrected chi connectivity index (χ0v) is 12.1. The summed E-state index contributed by atoms with van der Waals surface area (Å²) < 4.78 is 36.3. The molecule has 0 saturated carbocycles. The van der Waals surface area contributed by atoms with Gasteiger partial charge in [0, 0.05) is 12.7 Å². The molecule has 0 spiro atoms. The molecular formula is C10H15N5O5S. The Morgan fingerprint density at radius 3 is 2.86 bits per heavy atom. The number of aryl methyl sites for hydroxylation is 1. The monoisotopic (exact) mass is 317 g/mol. The third-order valence-corrected chi connectivity index (χ3v) is 4.02. The molecule has 0 aliphatic carbocycles. The SMILES string of the molecule is Cc1cn(CC2CCC3CN2C(=O)N3OS(=O)(=O)O)nn1. The van der Waals surface area contributed by atoms with Crippen molar-refractivity contribution < 1.29 is 22.0 Å². The quantitative estimate of drug-likeness (QED) is 0.750. The summed E-state index contributed by atoms with van der Waals surface area (Å²) in [4.78, 5) is 13.7. The van der Waals surface area contributed by atoms with Crippen molar-refractivity contribution in [1.82, 2.24) is 25.0 Å². The fourth-order valence-corrected chi connectivity index (χ4v) is 3.19. The third kappa shape index (κ3) is 2.84. The highest BCUT2D eigenvalue weighted by atomic mass is 32.3. The van der Waals surface area contributed by atoms with Crippen LogP contribution in [0.1, 0.15) is 18.5 Å². The average Bonchev–Trinajstić information content (AvgIpc) is 2.89. The zero-order valence-electron chi connectivity index (χ0n) is 11.3. The Morgan fingerprint density at radius 1 is 1.48 bits per heavy atom. The molecule has 2 unspecified atom stereocenters. The second-order valence-corrected chi connectivity index (χ2v) is 6.23. The van der Waals surface area contributed by atoms with Crippen LogP contribution in [0.25, 0.3) is 0 Å². The Kier molecular flexibility index (Phi) is 3.34. The van der Waals surface area contributed by atoms with Gasteiger partial charge in [-0.3, -0.25) is 9.23 Å². The van der Waals surface area contributed by atoms with Gasteiger partial charge in [-0.2, -0.15) is 13.5 Å². The number of rotatable bonds is 4. The second kappa shape index (κ2) is 4.93. The number of carbonyl (C=O) groups is 1. The Balaban J connectivity index is 1.73. The minimum absolute atomic E-state index is 0.107. The van der Waals surface area contributed by atoms with Crippen LogP contribution in [0.2, 0.25) is 0 Å². The lowest BCUT2D eigenvalue weighted by Gasteiger charge is -2.29. The van der Waals surface area contributed by atoms with Gasteiger partial charge in [-0.15, -0.1) is 9.38 Å². The first kappa shape index (κ1) is 14.2. The van der Waals surface area contributed by atoms with Crippen LogP contribution in [0, 0.1) is 6.92 Å². The van der Waals surface area contributed by atoms with Crippen LogP contribution in [-0.4, -0.2) is 62.6 Å². The Hall–Kier alpha value is -1.72. The number of amides is 2. The Labute approximate surface area is 121 Å². The molecule has 0 radical (unpaired) electrons. The third-order valence-electron chi connectivity index (χ3n) is 3.67. The van der Waals surface area contributed by atoms with Crippen molar-refractivity contribution in [1.29, 1.82) is 0 Å². The molecule has 1 N–H and O–H groups in total. The summed E-state index contributed by atoms with van der Waals surface area (Å²) in [6.07, 6.45) is 3.07. The van der Waals surface area contributed by atoms with Gasteiger partial charge in [-0.25, -0.2) is 4.79 Å². The lowest BCUT2D eigenvalue weighted by molar-refractivity contribution is -0.0317. The molecule has 1 aromatic rings. The van der Waals surface area contributed by atoms with E-state index in [1.165, 1.54) is 4.90 Å². The number of hydroxylamine groups is 2. The van der Waals surface area contributed by atoms with E-state index in [0.717, 1.165) is 10.8 Å². The molecule has 1 aromatic heterocycles. The first-order valence-electron chi connectivity index (χ1n) is 6.47. The predicted molar refractivity (Wildman–Crippen MR) is 68.1 cm³/mol. The Morgan fingerprint density at radius 2 is 2.24 bits per heavy atom. The molecule has 2 bridgehead atoms. The summed E-state index contributed by atoms with van der Waals surface area (Å²) in [5.41, 5.74) is 0.785. The zero-order chi connectivity index (χ0) is 15.2. The number of hydrogen-bond acceptors (Lipinski definition) is 6. The standard InChI is InChI=1S/C10H15N5O5S/c1-7-4-13(12-11-7)5-8-2-3-9-6-14(8)10(16)15(9)20-21(17,18)19/h4,8-9H,2-3,5-6H2,1H3,(H,17,18,19). The number of urea groups is 1. The lowest BCUT2D eigenvalue weighted by Crippen LogP contribution is -2.42. The van der Waals surface area contributed by atoms with Crippen molar-refractivity contribution in [3.05, 3.63) is 11.9 Å². The van der Waals surface area contributed by atoms with Crippen LogP contribution in [0.5, 0.6) is 0 Å². The van der Waals surface area contributed by atoms with Gasteiger partial charge in [0.2, 0.25) is 0 Å². The minimum atomic E-state index is -4.70. The van der Waals surface area contributed by atoms with Crippen molar-refractivity contribution >= 4 is 16.4 Å². The summed E-state index contributed by atoms with van der Waals surface area (Å²) in [6, 6.07) is -1.03. The molecule has 0 aromatic carbocycles. The van der Waals surface area contributed by atoms with Crippen LogP contribution < -0.4 is 0 Å². The highest BCUT2D eigenvalue weighted by molar-refractivity contribution is 7.80. The van der Waals surface area contributed by atoms with Gasteiger partial charge in [0.25, 0.3) is 0 Å². The molecule has 3 rings (SSSR count). The molecule has 10 nitrogen and oxygen atoms in total. The van der Waals surface area contributed by atoms with Crippen molar-refractivity contribution in [3.8, 4) is 0 Å². The van der Waals surface area contributed by atoms with Crippen LogP contribution in [-0.2, 0) is 21.2 Å². The smallest absolute Gasteiger partial charge is 0.316 e. The highest BCUT2D eigenvalue weighted by Gasteiger charge is 2.47. The summed E-state index contributed by atoms with van der Waals surface area (Å²) >= 11 is 0. The normalized spacial score (nSPS) is 25.7. The predicted octanol–water partition coefficient (Wildman–Crippen LogP) is -0.410. The number of aromatic nitrogens is 3. The van der Waals surface area contributed by atoms with E-state index in [4.69, 9.17) is 4.55 Å². The summed E-state index contributed by atoms with van der Waals surface area (Å²) in [5.74, 6) is 0. The first-order valence-corrected chi connectivity index (χ1v) is 7.83. The van der Waals surface area contributed by atoms with Gasteiger partial charge in [-0.1, -0.05) is 5.21 Å². The maximum atomic E-state index is 12.2. The molecule has 2 fully saturated rings. The van der Waals surface area contributed by atoms with Gasteiger partial charge in [-0.05, 0) is 19.8 Å². The van der Waals surface area contributed by atoms with E-state index in [-0.39, 0.29) is 12.1 Å². The molecular weight excluding hydrogens is 302 g/mol. The maximum absolute atomic E-state index is 12.2. The van der Waals surface area contributed by atoms with Crippen LogP contribution in [0.15, 0.2) is 6.20 Å². The number of nitrogens with zero attached hydrogens (tertiary/aromatic N) is 5. The molecule has 116 valence electrons. The second-order valence-electron chi connectivity index (χ2n) is 5.23. The maximum Gasteiger partial charge on any atom is 0.418 e. The van der Waals surface area contributed by atoms with Crippen molar-refractivity contribution in [2.45, 2.75) is 38.4 Å². The van der Waals surface area contributed by atoms with Gasteiger partial charge in [0.05, 0.1) is 24.3 Å². The van der Waals surface area contributed by atoms with Crippen LogP contribution >= 0.6 is 0 Å². The number of fused-ring (bicyclic) bond motifs is 2. The van der Waals surface area contributed by atoms with E-state index in [0.29, 0.717) is 25.9 Å². The van der Waals surface area contributed by atoms with Gasteiger partial charge >= 0.3 is 16.4 Å². The summed E-state index contributed by atoms with van der Waals surface area (Å²) in [6.45, 7) is 2.68. The van der Waals surface area contributed by atoms with E-state index in [9.17, 15) is 13.2 Å². The molecule has 21 heavy (non-hydrogen) atoms. The highest BCUT2D eigenvalue weighted by Crippen LogP contribution is 2.31. The van der Waals surface area contributed by atoms with E-state index in [1.54, 1.807) is 10.9 Å².